The highest BCUT2D eigenvalue weighted by Crippen LogP contribution is 2.12. The summed E-state index contributed by atoms with van der Waals surface area (Å²) in [6, 6.07) is 0. The molecule has 0 fully saturated rings. The predicted molar refractivity (Wildman–Crippen MR) is 67.0 cm³/mol. The molecular formula is C13H23NO2. The average Bonchev–Trinajstić information content (AvgIpc) is 2.11. The molecule has 0 aliphatic heterocycles. The molecule has 2 N–H and O–H groups in total. The second-order valence-corrected chi connectivity index (χ2v) is 4.70. The molecule has 0 saturated heterocycles. The van der Waals surface area contributed by atoms with Gasteiger partial charge >= 0.3 is 5.97 Å². The molecule has 0 heterocycles. The van der Waals surface area contributed by atoms with Gasteiger partial charge in [0.2, 0.25) is 0 Å². The van der Waals surface area contributed by atoms with Gasteiger partial charge in [-0.1, -0.05) is 11.6 Å². The van der Waals surface area contributed by atoms with Crippen molar-refractivity contribution in [2.24, 2.45) is 5.73 Å². The SMILES string of the molecule is C=CCC/C(=C/C(=O)OC(C)(C)C)CCN. The van der Waals surface area contributed by atoms with E-state index in [1.165, 1.54) is 0 Å². The molecule has 0 spiro atoms. The van der Waals surface area contributed by atoms with Crippen LogP contribution < -0.4 is 5.73 Å². The first-order chi connectivity index (χ1) is 7.39. The van der Waals surface area contributed by atoms with Gasteiger partial charge < -0.3 is 10.5 Å². The Labute approximate surface area is 98.4 Å². The zero-order chi connectivity index (χ0) is 12.6. The molecule has 0 radical (unpaired) electrons. The van der Waals surface area contributed by atoms with Crippen LogP contribution in [-0.2, 0) is 9.53 Å². The average molecular weight is 225 g/mol. The van der Waals surface area contributed by atoms with Gasteiger partial charge in [-0.3, -0.25) is 0 Å². The first-order valence-electron chi connectivity index (χ1n) is 5.62. The molecule has 3 nitrogen and oxygen atoms in total. The van der Waals surface area contributed by atoms with E-state index in [1.807, 2.05) is 26.8 Å². The minimum absolute atomic E-state index is 0.292. The second-order valence-electron chi connectivity index (χ2n) is 4.70. The number of esters is 1. The third kappa shape index (κ3) is 8.24. The van der Waals surface area contributed by atoms with E-state index in [4.69, 9.17) is 10.5 Å². The van der Waals surface area contributed by atoms with E-state index in [0.29, 0.717) is 6.54 Å². The molecule has 0 atom stereocenters. The molecule has 0 aromatic rings. The van der Waals surface area contributed by atoms with E-state index < -0.39 is 5.60 Å². The van der Waals surface area contributed by atoms with Crippen LogP contribution in [0.3, 0.4) is 0 Å². The van der Waals surface area contributed by atoms with E-state index in [-0.39, 0.29) is 5.97 Å². The molecule has 0 saturated carbocycles. The molecular weight excluding hydrogens is 202 g/mol. The number of carbonyl (C=O) groups excluding carboxylic acids is 1. The number of ether oxygens (including phenoxy) is 1. The summed E-state index contributed by atoms with van der Waals surface area (Å²) >= 11 is 0. The fourth-order valence-corrected chi connectivity index (χ4v) is 1.24. The molecule has 0 aliphatic carbocycles. The van der Waals surface area contributed by atoms with Crippen molar-refractivity contribution in [2.45, 2.75) is 45.6 Å². The van der Waals surface area contributed by atoms with Gasteiger partial charge in [-0.05, 0) is 46.6 Å². The normalized spacial score (nSPS) is 12.4. The third-order valence-corrected chi connectivity index (χ3v) is 1.86. The number of rotatable bonds is 6. The highest BCUT2D eigenvalue weighted by atomic mass is 16.6. The Morgan fingerprint density at radius 1 is 1.38 bits per heavy atom. The Kier molecular flexibility index (Phi) is 6.74. The first-order valence-corrected chi connectivity index (χ1v) is 5.62. The van der Waals surface area contributed by atoms with Crippen LogP contribution in [0.15, 0.2) is 24.3 Å². The maximum Gasteiger partial charge on any atom is 0.331 e. The van der Waals surface area contributed by atoms with Crippen LogP contribution in [0.2, 0.25) is 0 Å². The number of allylic oxidation sites excluding steroid dienone is 1. The number of carbonyl (C=O) groups is 1. The van der Waals surface area contributed by atoms with Gasteiger partial charge in [0.05, 0.1) is 0 Å². The maximum absolute atomic E-state index is 11.5. The zero-order valence-corrected chi connectivity index (χ0v) is 10.6. The zero-order valence-electron chi connectivity index (χ0n) is 10.6. The van der Waals surface area contributed by atoms with Crippen LogP contribution in [0.5, 0.6) is 0 Å². The Morgan fingerprint density at radius 2 is 2.00 bits per heavy atom. The summed E-state index contributed by atoms with van der Waals surface area (Å²) in [6.07, 6.45) is 5.79. The predicted octanol–water partition coefficient (Wildman–Crippen LogP) is 2.57. The summed E-state index contributed by atoms with van der Waals surface area (Å²) in [6.45, 7) is 9.76. The Morgan fingerprint density at radius 3 is 2.44 bits per heavy atom. The van der Waals surface area contributed by atoms with Gasteiger partial charge in [-0.25, -0.2) is 4.79 Å². The van der Waals surface area contributed by atoms with Crippen LogP contribution in [0, 0.1) is 0 Å². The van der Waals surface area contributed by atoms with Crippen molar-refractivity contribution in [3.63, 3.8) is 0 Å². The lowest BCUT2D eigenvalue weighted by Gasteiger charge is -2.18. The highest BCUT2D eigenvalue weighted by Gasteiger charge is 2.14. The number of hydrogen-bond donors (Lipinski definition) is 1. The molecule has 0 aromatic heterocycles. The van der Waals surface area contributed by atoms with E-state index >= 15 is 0 Å². The fourth-order valence-electron chi connectivity index (χ4n) is 1.24. The van der Waals surface area contributed by atoms with Crippen molar-refractivity contribution in [3.05, 3.63) is 24.3 Å². The molecule has 0 bridgehead atoms. The summed E-state index contributed by atoms with van der Waals surface area (Å²) in [4.78, 5) is 11.5. The lowest BCUT2D eigenvalue weighted by molar-refractivity contribution is -0.148. The topological polar surface area (TPSA) is 52.3 Å². The fraction of sp³-hybridized carbons (Fsp3) is 0.615. The largest absolute Gasteiger partial charge is 0.457 e. The molecule has 0 rings (SSSR count). The summed E-state index contributed by atoms with van der Waals surface area (Å²) < 4.78 is 5.21. The molecule has 0 aliphatic rings. The second kappa shape index (κ2) is 7.23. The maximum atomic E-state index is 11.5. The molecule has 0 amide bonds. The van der Waals surface area contributed by atoms with E-state index in [9.17, 15) is 4.79 Å². The van der Waals surface area contributed by atoms with Crippen molar-refractivity contribution in [3.8, 4) is 0 Å². The van der Waals surface area contributed by atoms with Crippen LogP contribution in [-0.4, -0.2) is 18.1 Å². The van der Waals surface area contributed by atoms with Crippen molar-refractivity contribution < 1.29 is 9.53 Å². The Balaban J connectivity index is 4.39. The number of hydrogen-bond acceptors (Lipinski definition) is 3. The smallest absolute Gasteiger partial charge is 0.331 e. The molecule has 0 unspecified atom stereocenters. The van der Waals surface area contributed by atoms with Gasteiger partial charge in [0.1, 0.15) is 5.60 Å². The Bertz CT molecular complexity index is 262. The molecule has 0 aromatic carbocycles. The van der Waals surface area contributed by atoms with Gasteiger partial charge in [0.15, 0.2) is 0 Å². The van der Waals surface area contributed by atoms with Crippen molar-refractivity contribution in [1.29, 1.82) is 0 Å². The summed E-state index contributed by atoms with van der Waals surface area (Å²) in [5.41, 5.74) is 6.07. The van der Waals surface area contributed by atoms with Crippen LogP contribution >= 0.6 is 0 Å². The van der Waals surface area contributed by atoms with Gasteiger partial charge in [0, 0.05) is 6.08 Å². The minimum Gasteiger partial charge on any atom is -0.457 e. The molecule has 16 heavy (non-hydrogen) atoms. The standard InChI is InChI=1S/C13H23NO2/c1-5-6-7-11(8-9-14)10-12(15)16-13(2,3)4/h5,10H,1,6-9,14H2,2-4H3/b11-10-. The highest BCUT2D eigenvalue weighted by molar-refractivity contribution is 5.83. The van der Waals surface area contributed by atoms with Gasteiger partial charge in [-0.2, -0.15) is 0 Å². The van der Waals surface area contributed by atoms with Crippen LogP contribution in [0.25, 0.3) is 0 Å². The summed E-state index contributed by atoms with van der Waals surface area (Å²) in [5, 5.41) is 0. The van der Waals surface area contributed by atoms with Crippen molar-refractivity contribution in [2.75, 3.05) is 6.54 Å². The molecule has 92 valence electrons. The van der Waals surface area contributed by atoms with E-state index in [2.05, 4.69) is 6.58 Å². The lowest BCUT2D eigenvalue weighted by Crippen LogP contribution is -2.23. The summed E-state index contributed by atoms with van der Waals surface area (Å²) in [7, 11) is 0. The van der Waals surface area contributed by atoms with Crippen LogP contribution in [0.4, 0.5) is 0 Å². The van der Waals surface area contributed by atoms with Gasteiger partial charge in [-0.15, -0.1) is 6.58 Å². The monoisotopic (exact) mass is 225 g/mol. The molecule has 3 heteroatoms. The first kappa shape index (κ1) is 14.9. The van der Waals surface area contributed by atoms with E-state index in [1.54, 1.807) is 6.08 Å². The van der Waals surface area contributed by atoms with E-state index in [0.717, 1.165) is 24.8 Å². The van der Waals surface area contributed by atoms with Crippen LogP contribution in [0.1, 0.15) is 40.0 Å². The van der Waals surface area contributed by atoms with Crippen molar-refractivity contribution in [1.82, 2.24) is 0 Å². The number of nitrogens with two attached hydrogens (primary N) is 1. The van der Waals surface area contributed by atoms with Crippen molar-refractivity contribution >= 4 is 5.97 Å². The summed E-state index contributed by atoms with van der Waals surface area (Å²) in [5.74, 6) is -0.292. The lowest BCUT2D eigenvalue weighted by atomic mass is 10.1. The van der Waals surface area contributed by atoms with Gasteiger partial charge in [0.25, 0.3) is 0 Å². The Hall–Kier alpha value is -1.09. The minimum atomic E-state index is -0.445. The third-order valence-electron chi connectivity index (χ3n) is 1.86. The quantitative estimate of drug-likeness (QED) is 0.429.